The Labute approximate surface area is 141 Å². The Bertz CT molecular complexity index is 729. The summed E-state index contributed by atoms with van der Waals surface area (Å²) in [7, 11) is 4.69. The van der Waals surface area contributed by atoms with Gasteiger partial charge in [-0.2, -0.15) is 0 Å². The Hall–Kier alpha value is -3.15. The number of hydrogen-bond acceptors (Lipinski definition) is 4. The molecule has 2 N–H and O–H groups in total. The van der Waals surface area contributed by atoms with Gasteiger partial charge in [-0.15, -0.1) is 0 Å². The summed E-state index contributed by atoms with van der Waals surface area (Å²) in [6.45, 7) is 0. The van der Waals surface area contributed by atoms with Gasteiger partial charge < -0.3 is 24.8 Å². The molecule has 0 radical (unpaired) electrons. The van der Waals surface area contributed by atoms with E-state index in [1.807, 2.05) is 24.3 Å². The van der Waals surface area contributed by atoms with Crippen LogP contribution >= 0.6 is 0 Å². The molecule has 6 nitrogen and oxygen atoms in total. The van der Waals surface area contributed by atoms with E-state index in [1.165, 1.54) is 7.11 Å². The lowest BCUT2D eigenvalue weighted by Gasteiger charge is -2.11. The van der Waals surface area contributed by atoms with Crippen LogP contribution in [0, 0.1) is 0 Å². The highest BCUT2D eigenvalue weighted by molar-refractivity contribution is 5.92. The van der Waals surface area contributed by atoms with Gasteiger partial charge in [0.25, 0.3) is 0 Å². The molecule has 2 aromatic carbocycles. The first-order valence-electron chi connectivity index (χ1n) is 7.27. The number of para-hydroxylation sites is 1. The Kier molecular flexibility index (Phi) is 6.08. The van der Waals surface area contributed by atoms with E-state index < -0.39 is 6.03 Å². The Morgan fingerprint density at radius 2 is 1.71 bits per heavy atom. The number of nitrogens with one attached hydrogen (secondary N) is 2. The monoisotopic (exact) mass is 328 g/mol. The van der Waals surface area contributed by atoms with E-state index in [0.29, 0.717) is 17.2 Å². The second-order valence-corrected chi connectivity index (χ2v) is 4.74. The maximum Gasteiger partial charge on any atom is 0.323 e. The smallest absolute Gasteiger partial charge is 0.323 e. The van der Waals surface area contributed by atoms with Gasteiger partial charge in [0.15, 0.2) is 0 Å². The van der Waals surface area contributed by atoms with Gasteiger partial charge in [-0.1, -0.05) is 18.2 Å². The quantitative estimate of drug-likeness (QED) is 0.851. The summed E-state index contributed by atoms with van der Waals surface area (Å²) >= 11 is 0. The predicted octanol–water partition coefficient (Wildman–Crippen LogP) is 3.50. The molecular weight excluding hydrogens is 308 g/mol. The fraction of sp³-hybridized carbons (Fsp3) is 0.167. The van der Waals surface area contributed by atoms with Gasteiger partial charge in [-0.05, 0) is 24.3 Å². The maximum atomic E-state index is 12.0. The van der Waals surface area contributed by atoms with Gasteiger partial charge in [0.1, 0.15) is 17.2 Å². The number of urea groups is 1. The third kappa shape index (κ3) is 4.42. The van der Waals surface area contributed by atoms with Gasteiger partial charge in [-0.3, -0.25) is 0 Å². The molecule has 0 aromatic heterocycles. The molecule has 2 aromatic rings. The number of anilines is 1. The topological polar surface area (TPSA) is 68.8 Å². The Balaban J connectivity index is 2.02. The van der Waals surface area contributed by atoms with Gasteiger partial charge in [0.05, 0.1) is 27.0 Å². The number of hydrogen-bond donors (Lipinski definition) is 2. The van der Waals surface area contributed by atoms with Crippen molar-refractivity contribution >= 4 is 17.8 Å². The van der Waals surface area contributed by atoms with Crippen LogP contribution in [0.25, 0.3) is 6.08 Å². The number of amides is 2. The number of methoxy groups -OCH3 is 3. The molecule has 0 spiro atoms. The highest BCUT2D eigenvalue weighted by Crippen LogP contribution is 2.28. The molecule has 0 atom stereocenters. The van der Waals surface area contributed by atoms with Gasteiger partial charge in [-0.25, -0.2) is 4.79 Å². The van der Waals surface area contributed by atoms with Crippen molar-refractivity contribution in [3.05, 3.63) is 54.2 Å². The van der Waals surface area contributed by atoms with Crippen molar-refractivity contribution in [2.24, 2.45) is 0 Å². The molecule has 0 saturated carbocycles. The van der Waals surface area contributed by atoms with E-state index in [-0.39, 0.29) is 0 Å². The molecule has 2 amide bonds. The van der Waals surface area contributed by atoms with Crippen LogP contribution in [0.5, 0.6) is 17.2 Å². The molecule has 0 bridgehead atoms. The first kappa shape index (κ1) is 17.2. The molecule has 0 fully saturated rings. The zero-order valence-electron chi connectivity index (χ0n) is 13.8. The Morgan fingerprint density at radius 1 is 0.958 bits per heavy atom. The molecule has 0 aliphatic rings. The molecule has 2 rings (SSSR count). The lowest BCUT2D eigenvalue weighted by Crippen LogP contribution is -2.24. The summed E-state index contributed by atoms with van der Waals surface area (Å²) < 4.78 is 15.6. The molecule has 0 heterocycles. The van der Waals surface area contributed by atoms with E-state index in [1.54, 1.807) is 44.7 Å². The molecule has 0 saturated heterocycles. The van der Waals surface area contributed by atoms with Gasteiger partial charge >= 0.3 is 6.03 Å². The summed E-state index contributed by atoms with van der Waals surface area (Å²) in [4.78, 5) is 12.0. The van der Waals surface area contributed by atoms with Gasteiger partial charge in [0.2, 0.25) is 0 Å². The minimum Gasteiger partial charge on any atom is -0.497 e. The Morgan fingerprint density at radius 3 is 2.42 bits per heavy atom. The van der Waals surface area contributed by atoms with E-state index in [2.05, 4.69) is 10.6 Å². The average Bonchev–Trinajstić information content (AvgIpc) is 2.62. The van der Waals surface area contributed by atoms with Crippen molar-refractivity contribution in [3.8, 4) is 17.2 Å². The predicted molar refractivity (Wildman–Crippen MR) is 93.7 cm³/mol. The van der Waals surface area contributed by atoms with Crippen LogP contribution in [0.15, 0.2) is 48.7 Å². The largest absolute Gasteiger partial charge is 0.497 e. The summed E-state index contributed by atoms with van der Waals surface area (Å²) in [6.07, 6.45) is 3.29. The highest BCUT2D eigenvalue weighted by Gasteiger charge is 2.08. The third-order valence-electron chi connectivity index (χ3n) is 3.27. The van der Waals surface area contributed by atoms with Crippen LogP contribution in [0.2, 0.25) is 0 Å². The zero-order valence-corrected chi connectivity index (χ0v) is 13.8. The van der Waals surface area contributed by atoms with Crippen LogP contribution in [0.1, 0.15) is 5.56 Å². The summed E-state index contributed by atoms with van der Waals surface area (Å²) in [6, 6.07) is 12.3. The van der Waals surface area contributed by atoms with E-state index in [9.17, 15) is 4.79 Å². The van der Waals surface area contributed by atoms with Crippen molar-refractivity contribution in [2.75, 3.05) is 26.6 Å². The SMILES string of the molecule is COc1ccc(OC)c(NC(=O)N/C=C/c2ccccc2OC)c1. The number of carbonyl (C=O) groups is 1. The lowest BCUT2D eigenvalue weighted by molar-refractivity contribution is 0.255. The molecule has 126 valence electrons. The van der Waals surface area contributed by atoms with Crippen LogP contribution in [-0.4, -0.2) is 27.4 Å². The van der Waals surface area contributed by atoms with E-state index in [0.717, 1.165) is 11.3 Å². The van der Waals surface area contributed by atoms with Crippen LogP contribution < -0.4 is 24.8 Å². The number of benzene rings is 2. The first-order valence-corrected chi connectivity index (χ1v) is 7.27. The number of ether oxygens (including phenoxy) is 3. The van der Waals surface area contributed by atoms with Crippen molar-refractivity contribution in [3.63, 3.8) is 0 Å². The second kappa shape index (κ2) is 8.47. The molecular formula is C18H20N2O4. The van der Waals surface area contributed by atoms with E-state index in [4.69, 9.17) is 14.2 Å². The second-order valence-electron chi connectivity index (χ2n) is 4.74. The first-order chi connectivity index (χ1) is 11.7. The molecule has 0 aliphatic carbocycles. The highest BCUT2D eigenvalue weighted by atomic mass is 16.5. The fourth-order valence-electron chi connectivity index (χ4n) is 2.08. The summed E-state index contributed by atoms with van der Waals surface area (Å²) in [5, 5.41) is 5.35. The van der Waals surface area contributed by atoms with Crippen LogP contribution in [-0.2, 0) is 0 Å². The average molecular weight is 328 g/mol. The number of carbonyl (C=O) groups excluding carboxylic acids is 1. The van der Waals surface area contributed by atoms with E-state index >= 15 is 0 Å². The van der Waals surface area contributed by atoms with Crippen molar-refractivity contribution in [2.45, 2.75) is 0 Å². The standard InChI is InChI=1S/C18H20N2O4/c1-22-14-8-9-17(24-3)15(12-14)20-18(21)19-11-10-13-6-4-5-7-16(13)23-2/h4-12H,1-3H3,(H2,19,20,21)/b11-10+. The lowest BCUT2D eigenvalue weighted by atomic mass is 10.2. The normalized spacial score (nSPS) is 10.3. The van der Waals surface area contributed by atoms with Crippen molar-refractivity contribution in [1.29, 1.82) is 0 Å². The van der Waals surface area contributed by atoms with Crippen LogP contribution in [0.3, 0.4) is 0 Å². The molecule has 24 heavy (non-hydrogen) atoms. The zero-order chi connectivity index (χ0) is 17.4. The fourth-order valence-corrected chi connectivity index (χ4v) is 2.08. The van der Waals surface area contributed by atoms with Crippen LogP contribution in [0.4, 0.5) is 10.5 Å². The molecule has 6 heteroatoms. The third-order valence-corrected chi connectivity index (χ3v) is 3.27. The van der Waals surface area contributed by atoms with Gasteiger partial charge in [0, 0.05) is 17.8 Å². The minimum absolute atomic E-state index is 0.396. The molecule has 0 unspecified atom stereocenters. The van der Waals surface area contributed by atoms with Crippen molar-refractivity contribution in [1.82, 2.24) is 5.32 Å². The summed E-state index contributed by atoms with van der Waals surface area (Å²) in [5.74, 6) is 1.89. The number of rotatable bonds is 6. The maximum absolute atomic E-state index is 12.0. The van der Waals surface area contributed by atoms with Crippen molar-refractivity contribution < 1.29 is 19.0 Å². The summed E-state index contributed by atoms with van der Waals surface area (Å²) in [5.41, 5.74) is 1.37. The minimum atomic E-state index is -0.396. The molecule has 0 aliphatic heterocycles.